The first kappa shape index (κ1) is 29.3. The molecule has 1 saturated heterocycles. The molecule has 216 valence electrons. The van der Waals surface area contributed by atoms with Gasteiger partial charge in [0.25, 0.3) is 0 Å². The summed E-state index contributed by atoms with van der Waals surface area (Å²) in [7, 11) is 0. The molecule has 2 heterocycles. The number of H-pyrrole nitrogens is 1. The number of carbonyl (C=O) groups excluding carboxylic acids is 4. The number of benzene rings is 2. The second kappa shape index (κ2) is 13.1. The van der Waals surface area contributed by atoms with Crippen LogP contribution in [-0.2, 0) is 36.8 Å². The van der Waals surface area contributed by atoms with Crippen molar-refractivity contribution in [3.05, 3.63) is 71.9 Å². The van der Waals surface area contributed by atoms with Gasteiger partial charge in [0, 0.05) is 30.1 Å². The molecule has 1 fully saturated rings. The summed E-state index contributed by atoms with van der Waals surface area (Å²) in [6, 6.07) is 12.4. The third kappa shape index (κ3) is 7.28. The predicted molar refractivity (Wildman–Crippen MR) is 150 cm³/mol. The number of para-hydroxylation sites is 1. The molecule has 12 nitrogen and oxygen atoms in total. The van der Waals surface area contributed by atoms with Gasteiger partial charge >= 0.3 is 5.97 Å². The predicted octanol–water partition coefficient (Wildman–Crippen LogP) is 0.201. The van der Waals surface area contributed by atoms with E-state index in [-0.39, 0.29) is 19.4 Å². The highest BCUT2D eigenvalue weighted by molar-refractivity contribution is 5.96. The molecule has 0 radical (unpaired) electrons. The lowest BCUT2D eigenvalue weighted by Gasteiger charge is -2.30. The van der Waals surface area contributed by atoms with Crippen LogP contribution in [-0.4, -0.2) is 75.3 Å². The number of likely N-dealkylation sites (tertiary alicyclic amines) is 1. The number of fused-ring (bicyclic) bond motifs is 1. The Hall–Kier alpha value is -4.71. The Labute approximate surface area is 236 Å². The van der Waals surface area contributed by atoms with E-state index >= 15 is 0 Å². The molecule has 4 atom stereocenters. The summed E-state index contributed by atoms with van der Waals surface area (Å²) in [4.78, 5) is 67.5. The van der Waals surface area contributed by atoms with Gasteiger partial charge in [0.1, 0.15) is 18.1 Å². The van der Waals surface area contributed by atoms with E-state index in [0.717, 1.165) is 22.0 Å². The largest absolute Gasteiger partial charge is 0.480 e. The van der Waals surface area contributed by atoms with E-state index in [9.17, 15) is 29.1 Å². The summed E-state index contributed by atoms with van der Waals surface area (Å²) < 4.78 is 0. The molecule has 0 spiro atoms. The van der Waals surface area contributed by atoms with Gasteiger partial charge in [0.15, 0.2) is 0 Å². The molecule has 4 unspecified atom stereocenters. The summed E-state index contributed by atoms with van der Waals surface area (Å²) >= 11 is 0. The number of amides is 4. The SMILES string of the molecule is NC(=O)CC(NC(=O)C1CCCN1C(=O)C(Cc1c[nH]c2ccccc12)NC(=O)C(N)Cc1ccccc1)C(=O)O. The Kier molecular flexibility index (Phi) is 9.35. The maximum atomic E-state index is 13.9. The number of aromatic amines is 1. The molecule has 0 bridgehead atoms. The highest BCUT2D eigenvalue weighted by Gasteiger charge is 2.39. The summed E-state index contributed by atoms with van der Waals surface area (Å²) in [6.07, 6.45) is 2.39. The number of primary amides is 1. The molecule has 1 aliphatic rings. The number of hydrogen-bond acceptors (Lipinski definition) is 6. The Balaban J connectivity index is 1.55. The molecule has 8 N–H and O–H groups in total. The van der Waals surface area contributed by atoms with Crippen molar-refractivity contribution in [3.8, 4) is 0 Å². The fourth-order valence-electron chi connectivity index (χ4n) is 5.13. The first-order valence-corrected chi connectivity index (χ1v) is 13.4. The van der Waals surface area contributed by atoms with Crippen molar-refractivity contribution < 1.29 is 29.1 Å². The number of rotatable bonds is 12. The van der Waals surface area contributed by atoms with Crippen LogP contribution in [0.3, 0.4) is 0 Å². The third-order valence-electron chi connectivity index (χ3n) is 7.21. The molecular weight excluding hydrogens is 528 g/mol. The first-order valence-electron chi connectivity index (χ1n) is 13.4. The molecule has 2 aromatic carbocycles. The molecule has 0 saturated carbocycles. The monoisotopic (exact) mass is 562 g/mol. The lowest BCUT2D eigenvalue weighted by molar-refractivity contribution is -0.145. The van der Waals surface area contributed by atoms with Crippen molar-refractivity contribution in [3.63, 3.8) is 0 Å². The van der Waals surface area contributed by atoms with Gasteiger partial charge in [-0.2, -0.15) is 0 Å². The van der Waals surface area contributed by atoms with Crippen molar-refractivity contribution in [2.24, 2.45) is 11.5 Å². The summed E-state index contributed by atoms with van der Waals surface area (Å²) in [5.74, 6) is -4.01. The minimum absolute atomic E-state index is 0.136. The highest BCUT2D eigenvalue weighted by Crippen LogP contribution is 2.23. The number of aromatic nitrogens is 1. The van der Waals surface area contributed by atoms with Crippen LogP contribution < -0.4 is 22.1 Å². The maximum absolute atomic E-state index is 13.9. The van der Waals surface area contributed by atoms with E-state index in [1.165, 1.54) is 4.90 Å². The molecule has 3 aromatic rings. The summed E-state index contributed by atoms with van der Waals surface area (Å²) in [5.41, 5.74) is 13.9. The fourth-order valence-corrected chi connectivity index (χ4v) is 5.13. The van der Waals surface area contributed by atoms with Gasteiger partial charge in [-0.05, 0) is 36.5 Å². The molecule has 12 heteroatoms. The van der Waals surface area contributed by atoms with E-state index in [2.05, 4.69) is 15.6 Å². The molecule has 0 aliphatic carbocycles. The minimum Gasteiger partial charge on any atom is -0.480 e. The van der Waals surface area contributed by atoms with Gasteiger partial charge in [-0.3, -0.25) is 19.2 Å². The first-order chi connectivity index (χ1) is 19.6. The zero-order valence-electron chi connectivity index (χ0n) is 22.4. The van der Waals surface area contributed by atoms with Crippen LogP contribution in [0.4, 0.5) is 0 Å². The van der Waals surface area contributed by atoms with Gasteiger partial charge in [-0.1, -0.05) is 48.5 Å². The van der Waals surface area contributed by atoms with Gasteiger partial charge in [-0.15, -0.1) is 0 Å². The van der Waals surface area contributed by atoms with Crippen LogP contribution in [0, 0.1) is 0 Å². The van der Waals surface area contributed by atoms with E-state index in [1.54, 1.807) is 6.20 Å². The van der Waals surface area contributed by atoms with E-state index in [0.29, 0.717) is 12.8 Å². The summed E-state index contributed by atoms with van der Waals surface area (Å²) in [6.45, 7) is 0.237. The number of nitrogens with zero attached hydrogens (tertiary/aromatic N) is 1. The lowest BCUT2D eigenvalue weighted by atomic mass is 10.0. The molecular formula is C29H34N6O6. The van der Waals surface area contributed by atoms with Crippen LogP contribution in [0.15, 0.2) is 60.8 Å². The van der Waals surface area contributed by atoms with Gasteiger partial charge in [0.2, 0.25) is 23.6 Å². The van der Waals surface area contributed by atoms with Gasteiger partial charge in [0.05, 0.1) is 12.5 Å². The van der Waals surface area contributed by atoms with Crippen LogP contribution in [0.5, 0.6) is 0 Å². The number of nitrogens with two attached hydrogens (primary N) is 2. The molecule has 4 amide bonds. The van der Waals surface area contributed by atoms with Crippen molar-refractivity contribution in [1.29, 1.82) is 0 Å². The Morgan fingerprint density at radius 1 is 0.976 bits per heavy atom. The molecule has 41 heavy (non-hydrogen) atoms. The highest BCUT2D eigenvalue weighted by atomic mass is 16.4. The number of hydrogen-bond donors (Lipinski definition) is 6. The minimum atomic E-state index is -1.52. The van der Waals surface area contributed by atoms with Crippen molar-refractivity contribution in [2.75, 3.05) is 6.54 Å². The topological polar surface area (TPSA) is 201 Å². The number of carboxylic acid groups (broad SMARTS) is 1. The van der Waals surface area contributed by atoms with Gasteiger partial charge in [-0.25, -0.2) is 4.79 Å². The molecule has 4 rings (SSSR count). The normalized spacial score (nSPS) is 17.0. The number of carboxylic acids is 1. The second-order valence-corrected chi connectivity index (χ2v) is 10.2. The van der Waals surface area contributed by atoms with Gasteiger partial charge < -0.3 is 37.1 Å². The fraction of sp³-hybridized carbons (Fsp3) is 0.345. The number of carbonyl (C=O) groups is 5. The smallest absolute Gasteiger partial charge is 0.326 e. The van der Waals surface area contributed by atoms with Crippen LogP contribution in [0.1, 0.15) is 30.4 Å². The zero-order chi connectivity index (χ0) is 29.5. The summed E-state index contributed by atoms with van der Waals surface area (Å²) in [5, 5.41) is 15.4. The van der Waals surface area contributed by atoms with Crippen LogP contribution in [0.25, 0.3) is 10.9 Å². The maximum Gasteiger partial charge on any atom is 0.326 e. The van der Waals surface area contributed by atoms with Crippen molar-refractivity contribution >= 4 is 40.5 Å². The van der Waals surface area contributed by atoms with E-state index < -0.39 is 60.2 Å². The Bertz CT molecular complexity index is 1420. The van der Waals surface area contributed by atoms with Crippen molar-refractivity contribution in [1.82, 2.24) is 20.5 Å². The standard InChI is InChI=1S/C29H34N6O6/c30-20(13-17-7-2-1-3-8-17)26(37)33-22(14-18-16-32-21-10-5-4-9-19(18)21)28(39)35-12-6-11-24(35)27(38)34-23(29(40)41)15-25(31)36/h1-5,7-10,16,20,22-24,32H,6,11-15,30H2,(H2,31,36)(H,33,37)(H,34,38)(H,40,41). The average Bonchev–Trinajstić information content (AvgIpc) is 3.60. The number of nitrogens with one attached hydrogen (secondary N) is 3. The lowest BCUT2D eigenvalue weighted by Crippen LogP contribution is -2.57. The van der Waals surface area contributed by atoms with E-state index in [1.807, 2.05) is 54.6 Å². The van der Waals surface area contributed by atoms with E-state index in [4.69, 9.17) is 11.5 Å². The molecule has 1 aliphatic heterocycles. The quantitative estimate of drug-likeness (QED) is 0.181. The van der Waals surface area contributed by atoms with Crippen LogP contribution >= 0.6 is 0 Å². The Morgan fingerprint density at radius 3 is 2.39 bits per heavy atom. The van der Waals surface area contributed by atoms with Crippen molar-refractivity contribution in [2.45, 2.75) is 56.3 Å². The zero-order valence-corrected chi connectivity index (χ0v) is 22.4. The Morgan fingerprint density at radius 2 is 1.68 bits per heavy atom. The third-order valence-corrected chi connectivity index (χ3v) is 7.21. The second-order valence-electron chi connectivity index (χ2n) is 10.2. The number of aliphatic carboxylic acids is 1. The van der Waals surface area contributed by atoms with Crippen LogP contribution in [0.2, 0.25) is 0 Å². The molecule has 1 aromatic heterocycles. The average molecular weight is 563 g/mol.